The Hall–Kier alpha value is -0.0800. The molecule has 5 saturated carbocycles. The van der Waals surface area contributed by atoms with E-state index in [1.165, 1.54) is 25.7 Å². The summed E-state index contributed by atoms with van der Waals surface area (Å²) in [5.41, 5.74) is -0.302. The molecule has 82 valence electrons. The monoisotopic (exact) mass is 206 g/mol. The molecule has 2 nitrogen and oxygen atoms in total. The van der Waals surface area contributed by atoms with Crippen LogP contribution in [0.15, 0.2) is 0 Å². The lowest BCUT2D eigenvalue weighted by molar-refractivity contribution is -0.345. The van der Waals surface area contributed by atoms with Crippen LogP contribution in [0.1, 0.15) is 32.1 Å². The molecule has 7 aliphatic rings. The highest BCUT2D eigenvalue weighted by Crippen LogP contribution is 2.68. The van der Waals surface area contributed by atoms with Crippen molar-refractivity contribution in [2.45, 2.75) is 49.9 Å². The third kappa shape index (κ3) is 0.706. The van der Waals surface area contributed by atoms with Crippen molar-refractivity contribution < 1.29 is 9.84 Å². The van der Waals surface area contributed by atoms with E-state index in [1.807, 2.05) is 0 Å². The van der Waals surface area contributed by atoms with Crippen molar-refractivity contribution in [2.75, 3.05) is 0 Å². The number of hydrogen-bond donors (Lipinski definition) is 1. The van der Waals surface area contributed by atoms with Gasteiger partial charge >= 0.3 is 0 Å². The quantitative estimate of drug-likeness (QED) is 0.652. The molecule has 0 aromatic heterocycles. The number of hydrogen-bond acceptors (Lipinski definition) is 2. The van der Waals surface area contributed by atoms with Crippen LogP contribution in [0.5, 0.6) is 0 Å². The number of ether oxygens (including phenoxy) is 1. The molecule has 0 aromatic carbocycles. The predicted molar refractivity (Wildman–Crippen MR) is 54.1 cm³/mol. The van der Waals surface area contributed by atoms with Gasteiger partial charge in [-0.2, -0.15) is 0 Å². The Morgan fingerprint density at radius 2 is 1.87 bits per heavy atom. The third-order valence-electron chi connectivity index (χ3n) is 6.39. The highest BCUT2D eigenvalue weighted by molar-refractivity contribution is 5.19. The summed E-state index contributed by atoms with van der Waals surface area (Å²) in [5, 5.41) is 10.9. The fourth-order valence-corrected chi connectivity index (χ4v) is 6.10. The molecule has 7 fully saturated rings. The van der Waals surface area contributed by atoms with Crippen molar-refractivity contribution in [2.24, 2.45) is 29.6 Å². The van der Waals surface area contributed by atoms with Gasteiger partial charge in [0.2, 0.25) is 0 Å². The van der Waals surface area contributed by atoms with E-state index in [1.54, 1.807) is 0 Å². The summed E-state index contributed by atoms with van der Waals surface area (Å²) in [5.74, 6) is 3.73. The van der Waals surface area contributed by atoms with E-state index in [2.05, 4.69) is 0 Å². The van der Waals surface area contributed by atoms with Crippen LogP contribution < -0.4 is 0 Å². The van der Waals surface area contributed by atoms with Crippen molar-refractivity contribution in [3.8, 4) is 0 Å². The van der Waals surface area contributed by atoms with Crippen LogP contribution in [0, 0.1) is 29.6 Å². The van der Waals surface area contributed by atoms with Crippen LogP contribution in [0.25, 0.3) is 0 Å². The van der Waals surface area contributed by atoms with Gasteiger partial charge in [-0.1, -0.05) is 0 Å². The van der Waals surface area contributed by atoms with E-state index in [9.17, 15) is 5.11 Å². The summed E-state index contributed by atoms with van der Waals surface area (Å²) >= 11 is 0. The van der Waals surface area contributed by atoms with Crippen LogP contribution >= 0.6 is 0 Å². The van der Waals surface area contributed by atoms with Crippen molar-refractivity contribution >= 4 is 0 Å². The maximum atomic E-state index is 10.9. The first-order valence-corrected chi connectivity index (χ1v) is 6.63. The van der Waals surface area contributed by atoms with E-state index >= 15 is 0 Å². The number of rotatable bonds is 0. The number of aliphatic hydroxyl groups is 1. The van der Waals surface area contributed by atoms with Crippen molar-refractivity contribution in [1.29, 1.82) is 0 Å². The summed E-state index contributed by atoms with van der Waals surface area (Å²) < 4.78 is 6.16. The zero-order chi connectivity index (χ0) is 9.78. The lowest BCUT2D eigenvalue weighted by Gasteiger charge is -2.72. The van der Waals surface area contributed by atoms with Crippen LogP contribution in [0.3, 0.4) is 0 Å². The average molecular weight is 206 g/mol. The minimum absolute atomic E-state index is 0.302. The Morgan fingerprint density at radius 1 is 1.00 bits per heavy atom. The Balaban J connectivity index is 1.73. The van der Waals surface area contributed by atoms with E-state index in [-0.39, 0.29) is 5.60 Å². The van der Waals surface area contributed by atoms with E-state index in [0.717, 1.165) is 24.2 Å². The molecule has 15 heavy (non-hydrogen) atoms. The smallest absolute Gasteiger partial charge is 0.0756 e. The minimum atomic E-state index is -0.302. The second-order valence-electron chi connectivity index (χ2n) is 6.77. The Morgan fingerprint density at radius 3 is 2.80 bits per heavy atom. The molecule has 0 radical (unpaired) electrons. The average Bonchev–Trinajstić information content (AvgIpc) is 2.24. The molecule has 5 aliphatic carbocycles. The summed E-state index contributed by atoms with van der Waals surface area (Å²) in [6, 6.07) is 0. The largest absolute Gasteiger partial charge is 0.389 e. The van der Waals surface area contributed by atoms with Crippen LogP contribution in [0.4, 0.5) is 0 Å². The summed E-state index contributed by atoms with van der Waals surface area (Å²) in [6.45, 7) is 0. The molecular weight excluding hydrogens is 188 g/mol. The molecule has 0 aromatic rings. The van der Waals surface area contributed by atoms with Gasteiger partial charge in [-0.05, 0) is 49.4 Å². The lowest BCUT2D eigenvalue weighted by atomic mass is 9.40. The zero-order valence-electron chi connectivity index (χ0n) is 8.93. The van der Waals surface area contributed by atoms with E-state index in [4.69, 9.17) is 4.74 Å². The van der Waals surface area contributed by atoms with Crippen molar-refractivity contribution in [3.63, 3.8) is 0 Å². The molecule has 8 bridgehead atoms. The molecular formula is C13H18O2. The van der Waals surface area contributed by atoms with E-state index in [0.29, 0.717) is 24.0 Å². The topological polar surface area (TPSA) is 29.5 Å². The summed E-state index contributed by atoms with van der Waals surface area (Å²) in [4.78, 5) is 0. The van der Waals surface area contributed by atoms with Gasteiger partial charge in [0.25, 0.3) is 0 Å². The molecule has 7 rings (SSSR count). The standard InChI is InChI=1S/C13H18O2/c14-13-5-7-4-8-9-1-6(2-10(8)13)3-11(13)12(9)15-7/h6-12,14H,1-5H2. The van der Waals surface area contributed by atoms with Gasteiger partial charge in [-0.25, -0.2) is 0 Å². The fourth-order valence-electron chi connectivity index (χ4n) is 6.10. The molecule has 0 amide bonds. The van der Waals surface area contributed by atoms with Gasteiger partial charge in [0.15, 0.2) is 0 Å². The summed E-state index contributed by atoms with van der Waals surface area (Å²) in [6.07, 6.45) is 7.05. The SMILES string of the molecule is OC12CC3CC4C5CC(CC41)CC2C5O3. The van der Waals surface area contributed by atoms with Crippen molar-refractivity contribution in [1.82, 2.24) is 0 Å². The highest BCUT2D eigenvalue weighted by Gasteiger charge is 2.70. The fraction of sp³-hybridized carbons (Fsp3) is 1.00. The molecule has 2 saturated heterocycles. The first-order chi connectivity index (χ1) is 7.25. The van der Waals surface area contributed by atoms with Gasteiger partial charge in [0.1, 0.15) is 0 Å². The van der Waals surface area contributed by atoms with Gasteiger partial charge in [0, 0.05) is 12.3 Å². The Bertz CT molecular complexity index is 315. The summed E-state index contributed by atoms with van der Waals surface area (Å²) in [7, 11) is 0. The highest BCUT2D eigenvalue weighted by atomic mass is 16.5. The second kappa shape index (κ2) is 2.14. The maximum Gasteiger partial charge on any atom is 0.0756 e. The molecule has 2 heterocycles. The van der Waals surface area contributed by atoms with Gasteiger partial charge in [0.05, 0.1) is 17.8 Å². The first kappa shape index (κ1) is 8.08. The van der Waals surface area contributed by atoms with Crippen LogP contribution in [-0.2, 0) is 4.74 Å². The molecule has 0 spiro atoms. The molecule has 2 heteroatoms. The third-order valence-corrected chi connectivity index (χ3v) is 6.39. The molecule has 2 aliphatic heterocycles. The molecule has 1 N–H and O–H groups in total. The van der Waals surface area contributed by atoms with Crippen LogP contribution in [0.2, 0.25) is 0 Å². The first-order valence-electron chi connectivity index (χ1n) is 6.63. The predicted octanol–water partition coefficient (Wildman–Crippen LogP) is 1.57. The molecule has 8 unspecified atom stereocenters. The normalized spacial score (nSPS) is 73.0. The Kier molecular flexibility index (Phi) is 1.15. The Labute approximate surface area is 90.0 Å². The maximum absolute atomic E-state index is 10.9. The zero-order valence-corrected chi connectivity index (χ0v) is 8.93. The van der Waals surface area contributed by atoms with Gasteiger partial charge < -0.3 is 9.84 Å². The van der Waals surface area contributed by atoms with Gasteiger partial charge in [-0.3, -0.25) is 0 Å². The lowest BCUT2D eigenvalue weighted by Crippen LogP contribution is -2.75. The van der Waals surface area contributed by atoms with Gasteiger partial charge in [-0.15, -0.1) is 0 Å². The minimum Gasteiger partial charge on any atom is -0.389 e. The molecule has 8 atom stereocenters. The second-order valence-corrected chi connectivity index (χ2v) is 6.77. The van der Waals surface area contributed by atoms with Crippen LogP contribution in [-0.4, -0.2) is 22.9 Å². The van der Waals surface area contributed by atoms with E-state index < -0.39 is 0 Å². The van der Waals surface area contributed by atoms with Crippen molar-refractivity contribution in [3.05, 3.63) is 0 Å².